The minimum atomic E-state index is -0.479. The molecule has 2 heterocycles. The lowest BCUT2D eigenvalue weighted by atomic mass is 10.2. The van der Waals surface area contributed by atoms with Gasteiger partial charge in [0.15, 0.2) is 0 Å². The molecule has 0 saturated heterocycles. The fraction of sp³-hybridized carbons (Fsp3) is 0.250. The predicted octanol–water partition coefficient (Wildman–Crippen LogP) is 1.43. The second kappa shape index (κ2) is 3.06. The Labute approximate surface area is 79.1 Å². The Hall–Kier alpha value is -1.98. The van der Waals surface area contributed by atoms with Crippen LogP contribution in [0.15, 0.2) is 12.3 Å². The lowest BCUT2D eigenvalue weighted by molar-refractivity contribution is -0.385. The maximum absolute atomic E-state index is 10.4. The molecule has 0 unspecified atom stereocenters. The summed E-state index contributed by atoms with van der Waals surface area (Å²) in [5.41, 5.74) is 2.11. The predicted molar refractivity (Wildman–Crippen MR) is 49.9 cm³/mol. The lowest BCUT2D eigenvalue weighted by Gasteiger charge is -1.91. The zero-order valence-corrected chi connectivity index (χ0v) is 7.52. The van der Waals surface area contributed by atoms with Gasteiger partial charge >= 0.3 is 0 Å². The molecule has 2 rings (SSSR count). The van der Waals surface area contributed by atoms with Gasteiger partial charge in [-0.3, -0.25) is 15.2 Å². The Bertz CT molecular complexity index is 491. The van der Waals surface area contributed by atoms with E-state index in [-0.39, 0.29) is 5.69 Å². The summed E-state index contributed by atoms with van der Waals surface area (Å²) in [5.74, 6) is 0. The minimum Gasteiger partial charge on any atom is -0.280 e. The number of nitrogens with one attached hydrogen (secondary N) is 1. The summed E-state index contributed by atoms with van der Waals surface area (Å²) in [5, 5.41) is 17.2. The van der Waals surface area contributed by atoms with Crippen LogP contribution >= 0.6 is 0 Å². The second-order valence-corrected chi connectivity index (χ2v) is 2.87. The molecule has 0 aliphatic rings. The number of aryl methyl sites for hydroxylation is 1. The third-order valence-corrected chi connectivity index (χ3v) is 2.01. The standard InChI is InChI=1S/C8H8N4O2/c1-2-6-8-7(11-10-6)3-5(4-9-8)12(13)14/h3-4H,2H2,1H3,(H,10,11). The van der Waals surface area contributed by atoms with E-state index >= 15 is 0 Å². The van der Waals surface area contributed by atoms with Crippen molar-refractivity contribution in [2.24, 2.45) is 0 Å². The molecule has 0 spiro atoms. The number of fused-ring (bicyclic) bond motifs is 1. The van der Waals surface area contributed by atoms with Crippen molar-refractivity contribution >= 4 is 16.7 Å². The van der Waals surface area contributed by atoms with E-state index in [0.717, 1.165) is 12.1 Å². The van der Waals surface area contributed by atoms with Crippen LogP contribution in [0.4, 0.5) is 5.69 Å². The number of hydrogen-bond donors (Lipinski definition) is 1. The highest BCUT2D eigenvalue weighted by Crippen LogP contribution is 2.18. The fourth-order valence-corrected chi connectivity index (χ4v) is 1.29. The number of pyridine rings is 1. The van der Waals surface area contributed by atoms with Crippen LogP contribution in [0.5, 0.6) is 0 Å². The van der Waals surface area contributed by atoms with Gasteiger partial charge in [-0.2, -0.15) is 5.10 Å². The number of nitrogens with zero attached hydrogens (tertiary/aromatic N) is 3. The first-order valence-electron chi connectivity index (χ1n) is 4.19. The van der Waals surface area contributed by atoms with E-state index in [1.807, 2.05) is 6.92 Å². The van der Waals surface area contributed by atoms with Crippen LogP contribution in [0.2, 0.25) is 0 Å². The van der Waals surface area contributed by atoms with Crippen molar-refractivity contribution in [3.63, 3.8) is 0 Å². The number of hydrogen-bond acceptors (Lipinski definition) is 4. The van der Waals surface area contributed by atoms with E-state index in [1.165, 1.54) is 12.3 Å². The van der Waals surface area contributed by atoms with Crippen molar-refractivity contribution in [1.29, 1.82) is 0 Å². The Morgan fingerprint density at radius 3 is 3.07 bits per heavy atom. The molecule has 1 N–H and O–H groups in total. The molecule has 6 heteroatoms. The molecule has 2 aromatic rings. The van der Waals surface area contributed by atoms with Crippen LogP contribution < -0.4 is 0 Å². The van der Waals surface area contributed by atoms with Gasteiger partial charge in [0.1, 0.15) is 17.2 Å². The van der Waals surface area contributed by atoms with Gasteiger partial charge < -0.3 is 0 Å². The molecule has 0 aliphatic carbocycles. The first-order chi connectivity index (χ1) is 6.72. The zero-order chi connectivity index (χ0) is 10.1. The van der Waals surface area contributed by atoms with Gasteiger partial charge in [0.25, 0.3) is 5.69 Å². The zero-order valence-electron chi connectivity index (χ0n) is 7.52. The first-order valence-corrected chi connectivity index (χ1v) is 4.19. The molecular weight excluding hydrogens is 184 g/mol. The Balaban J connectivity index is 2.63. The quantitative estimate of drug-likeness (QED) is 0.576. The van der Waals surface area contributed by atoms with Crippen molar-refractivity contribution in [2.45, 2.75) is 13.3 Å². The van der Waals surface area contributed by atoms with Crippen LogP contribution in [-0.2, 0) is 6.42 Å². The number of aromatic nitrogens is 3. The van der Waals surface area contributed by atoms with Crippen molar-refractivity contribution in [2.75, 3.05) is 0 Å². The molecule has 0 saturated carbocycles. The summed E-state index contributed by atoms with van der Waals surface area (Å²) < 4.78 is 0. The molecule has 0 aromatic carbocycles. The summed E-state index contributed by atoms with van der Waals surface area (Å²) in [6, 6.07) is 1.41. The lowest BCUT2D eigenvalue weighted by Crippen LogP contribution is -1.89. The average Bonchev–Trinajstić information content (AvgIpc) is 2.59. The number of nitro groups is 1. The fourth-order valence-electron chi connectivity index (χ4n) is 1.29. The molecule has 14 heavy (non-hydrogen) atoms. The molecule has 0 bridgehead atoms. The molecule has 2 aromatic heterocycles. The van der Waals surface area contributed by atoms with Gasteiger partial charge in [0, 0.05) is 6.07 Å². The number of aromatic amines is 1. The SMILES string of the molecule is CCc1[nH]nc2cc([N+](=O)[O-])cnc12. The molecule has 0 aliphatic heterocycles. The van der Waals surface area contributed by atoms with Crippen molar-refractivity contribution in [1.82, 2.24) is 15.2 Å². The normalized spacial score (nSPS) is 10.6. The highest BCUT2D eigenvalue weighted by atomic mass is 16.6. The monoisotopic (exact) mass is 192 g/mol. The van der Waals surface area contributed by atoms with Crippen LogP contribution in [0, 0.1) is 10.1 Å². The maximum Gasteiger partial charge on any atom is 0.289 e. The summed E-state index contributed by atoms with van der Waals surface area (Å²) in [6.45, 7) is 1.97. The summed E-state index contributed by atoms with van der Waals surface area (Å²) in [4.78, 5) is 14.0. The smallest absolute Gasteiger partial charge is 0.280 e. The molecule has 6 nitrogen and oxygen atoms in total. The Morgan fingerprint density at radius 2 is 2.43 bits per heavy atom. The van der Waals surface area contributed by atoms with E-state index in [2.05, 4.69) is 15.2 Å². The Morgan fingerprint density at radius 1 is 1.64 bits per heavy atom. The van der Waals surface area contributed by atoms with E-state index in [0.29, 0.717) is 11.0 Å². The summed E-state index contributed by atoms with van der Waals surface area (Å²) in [7, 11) is 0. The van der Waals surface area contributed by atoms with E-state index in [9.17, 15) is 10.1 Å². The third-order valence-electron chi connectivity index (χ3n) is 2.01. The van der Waals surface area contributed by atoms with E-state index in [4.69, 9.17) is 0 Å². The number of H-pyrrole nitrogens is 1. The van der Waals surface area contributed by atoms with Gasteiger partial charge in [0.05, 0.1) is 10.6 Å². The van der Waals surface area contributed by atoms with Crippen molar-refractivity contribution < 1.29 is 4.92 Å². The highest BCUT2D eigenvalue weighted by molar-refractivity contribution is 5.78. The molecular formula is C8H8N4O2. The van der Waals surface area contributed by atoms with Gasteiger partial charge in [-0.1, -0.05) is 6.92 Å². The van der Waals surface area contributed by atoms with E-state index in [1.54, 1.807) is 0 Å². The van der Waals surface area contributed by atoms with Crippen LogP contribution in [0.3, 0.4) is 0 Å². The third kappa shape index (κ3) is 1.20. The van der Waals surface area contributed by atoms with Gasteiger partial charge in [-0.15, -0.1) is 0 Å². The van der Waals surface area contributed by atoms with Gasteiger partial charge in [-0.05, 0) is 6.42 Å². The van der Waals surface area contributed by atoms with Crippen LogP contribution in [0.1, 0.15) is 12.6 Å². The highest BCUT2D eigenvalue weighted by Gasteiger charge is 2.11. The number of rotatable bonds is 2. The van der Waals surface area contributed by atoms with Gasteiger partial charge in [-0.25, -0.2) is 4.98 Å². The largest absolute Gasteiger partial charge is 0.289 e. The summed E-state index contributed by atoms with van der Waals surface area (Å²) in [6.07, 6.45) is 2.03. The van der Waals surface area contributed by atoms with E-state index < -0.39 is 4.92 Å². The van der Waals surface area contributed by atoms with Crippen LogP contribution in [0.25, 0.3) is 11.0 Å². The maximum atomic E-state index is 10.4. The first kappa shape index (κ1) is 8.61. The summed E-state index contributed by atoms with van der Waals surface area (Å²) >= 11 is 0. The minimum absolute atomic E-state index is 0.0355. The molecule has 72 valence electrons. The average molecular weight is 192 g/mol. The molecule has 0 amide bonds. The Kier molecular flexibility index (Phi) is 1.88. The molecule has 0 fully saturated rings. The van der Waals surface area contributed by atoms with Gasteiger partial charge in [0.2, 0.25) is 0 Å². The molecule has 0 radical (unpaired) electrons. The topological polar surface area (TPSA) is 84.7 Å². The van der Waals surface area contributed by atoms with Crippen LogP contribution in [-0.4, -0.2) is 20.1 Å². The van der Waals surface area contributed by atoms with Crippen molar-refractivity contribution in [3.05, 3.63) is 28.1 Å². The molecule has 0 atom stereocenters. The second-order valence-electron chi connectivity index (χ2n) is 2.87. The van der Waals surface area contributed by atoms with Crippen molar-refractivity contribution in [3.8, 4) is 0 Å².